The van der Waals surface area contributed by atoms with Gasteiger partial charge in [0.2, 0.25) is 0 Å². The lowest BCUT2D eigenvalue weighted by atomic mass is 9.55. The Balaban J connectivity index is 1.77. The fourth-order valence-electron chi connectivity index (χ4n) is 3.34. The maximum atomic E-state index is 12.0. The van der Waals surface area contributed by atoms with Gasteiger partial charge in [0.1, 0.15) is 0 Å². The third kappa shape index (κ3) is 3.07. The van der Waals surface area contributed by atoms with E-state index in [1.165, 1.54) is 43.4 Å². The van der Waals surface area contributed by atoms with Crippen LogP contribution < -0.4 is 5.32 Å². The number of amides is 2. The predicted octanol–water partition coefficient (Wildman–Crippen LogP) is 2.32. The Labute approximate surface area is 120 Å². The van der Waals surface area contributed by atoms with Gasteiger partial charge < -0.3 is 15.3 Å². The highest BCUT2D eigenvalue weighted by Crippen LogP contribution is 2.53. The van der Waals surface area contributed by atoms with Gasteiger partial charge >= 0.3 is 12.0 Å². The molecule has 0 aromatic rings. The Bertz CT molecular complexity index is 375. The highest BCUT2D eigenvalue weighted by molar-refractivity contribution is 5.75. The molecule has 0 bridgehead atoms. The summed E-state index contributed by atoms with van der Waals surface area (Å²) in [5, 5.41) is 11.9. The summed E-state index contributed by atoms with van der Waals surface area (Å²) < 4.78 is 0. The van der Waals surface area contributed by atoms with Crippen LogP contribution >= 0.6 is 0 Å². The molecule has 1 atom stereocenters. The third-order valence-electron chi connectivity index (χ3n) is 5.23. The van der Waals surface area contributed by atoms with E-state index in [9.17, 15) is 9.59 Å². The summed E-state index contributed by atoms with van der Waals surface area (Å²) in [6.45, 7) is 2.62. The second kappa shape index (κ2) is 6.02. The predicted molar refractivity (Wildman–Crippen MR) is 76.5 cm³/mol. The van der Waals surface area contributed by atoms with Crippen LogP contribution in [0.2, 0.25) is 0 Å². The van der Waals surface area contributed by atoms with Crippen LogP contribution in [0.25, 0.3) is 0 Å². The van der Waals surface area contributed by atoms with E-state index in [0.29, 0.717) is 5.41 Å². The number of carbonyl (C=O) groups is 2. The zero-order chi connectivity index (χ0) is 14.8. The summed E-state index contributed by atoms with van der Waals surface area (Å²) in [5.74, 6) is -0.607. The van der Waals surface area contributed by atoms with E-state index < -0.39 is 11.9 Å². The van der Waals surface area contributed by atoms with Gasteiger partial charge in [0.25, 0.3) is 0 Å². The summed E-state index contributed by atoms with van der Waals surface area (Å²) in [4.78, 5) is 24.3. The van der Waals surface area contributed by atoms with Crippen LogP contribution in [-0.2, 0) is 4.79 Å². The topological polar surface area (TPSA) is 69.6 Å². The van der Waals surface area contributed by atoms with Gasteiger partial charge in [0.05, 0.1) is 5.92 Å². The maximum Gasteiger partial charge on any atom is 0.317 e. The minimum atomic E-state index is -0.866. The molecular formula is C15H26N2O3. The first-order valence-electron chi connectivity index (χ1n) is 7.66. The summed E-state index contributed by atoms with van der Waals surface area (Å²) >= 11 is 0. The number of rotatable bonds is 6. The summed E-state index contributed by atoms with van der Waals surface area (Å²) in [6, 6.07) is -0.149. The van der Waals surface area contributed by atoms with Crippen LogP contribution in [-0.4, -0.2) is 42.1 Å². The monoisotopic (exact) mass is 282 g/mol. The number of carboxylic acid groups (broad SMARTS) is 1. The molecule has 2 fully saturated rings. The number of carbonyl (C=O) groups excluding carboxylic acids is 1. The van der Waals surface area contributed by atoms with Crippen molar-refractivity contribution in [2.45, 2.75) is 45.4 Å². The molecule has 5 nitrogen and oxygen atoms in total. The first-order chi connectivity index (χ1) is 9.44. The number of aliphatic carboxylic acids is 1. The van der Waals surface area contributed by atoms with E-state index in [1.54, 1.807) is 14.0 Å². The van der Waals surface area contributed by atoms with Gasteiger partial charge in [0, 0.05) is 20.1 Å². The second-order valence-electron chi connectivity index (χ2n) is 6.62. The molecule has 0 aromatic carbocycles. The Morgan fingerprint density at radius 1 is 1.35 bits per heavy atom. The minimum absolute atomic E-state index is 0.149. The molecule has 1 unspecified atom stereocenters. The molecule has 0 heterocycles. The van der Waals surface area contributed by atoms with E-state index in [4.69, 9.17) is 5.11 Å². The van der Waals surface area contributed by atoms with Crippen LogP contribution in [0.3, 0.4) is 0 Å². The maximum absolute atomic E-state index is 12.0. The average molecular weight is 282 g/mol. The molecule has 0 aromatic heterocycles. The first-order valence-corrected chi connectivity index (χ1v) is 7.66. The Morgan fingerprint density at radius 2 is 2.00 bits per heavy atom. The highest BCUT2D eigenvalue weighted by Gasteiger charge is 2.46. The largest absolute Gasteiger partial charge is 0.481 e. The van der Waals surface area contributed by atoms with Gasteiger partial charge in [-0.25, -0.2) is 4.79 Å². The molecule has 5 heteroatoms. The highest BCUT2D eigenvalue weighted by atomic mass is 16.4. The Hall–Kier alpha value is -1.26. The van der Waals surface area contributed by atoms with E-state index in [0.717, 1.165) is 12.5 Å². The average Bonchev–Trinajstić information content (AvgIpc) is 2.28. The van der Waals surface area contributed by atoms with Crippen molar-refractivity contribution in [3.8, 4) is 0 Å². The summed E-state index contributed by atoms with van der Waals surface area (Å²) in [6.07, 6.45) is 7.68. The fraction of sp³-hybridized carbons (Fsp3) is 0.867. The van der Waals surface area contributed by atoms with E-state index in [2.05, 4.69) is 5.32 Å². The smallest absolute Gasteiger partial charge is 0.317 e. The van der Waals surface area contributed by atoms with Crippen LogP contribution in [0.5, 0.6) is 0 Å². The number of hydrogen-bond acceptors (Lipinski definition) is 2. The normalized spacial score (nSPS) is 22.3. The SMILES string of the molecule is CC(CN(C)C(=O)NCC1(C2CCC2)CCC1)C(=O)O. The number of nitrogens with zero attached hydrogens (tertiary/aromatic N) is 1. The van der Waals surface area contributed by atoms with E-state index >= 15 is 0 Å². The van der Waals surface area contributed by atoms with Gasteiger partial charge in [-0.15, -0.1) is 0 Å². The van der Waals surface area contributed by atoms with Crippen molar-refractivity contribution in [3.05, 3.63) is 0 Å². The molecule has 0 aliphatic heterocycles. The van der Waals surface area contributed by atoms with Crippen molar-refractivity contribution in [1.29, 1.82) is 0 Å². The van der Waals surface area contributed by atoms with Gasteiger partial charge in [-0.2, -0.15) is 0 Å². The lowest BCUT2D eigenvalue weighted by molar-refractivity contribution is -0.141. The molecule has 2 saturated carbocycles. The number of hydrogen-bond donors (Lipinski definition) is 2. The molecular weight excluding hydrogens is 256 g/mol. The molecule has 0 spiro atoms. The molecule has 2 N–H and O–H groups in total. The Morgan fingerprint density at radius 3 is 2.40 bits per heavy atom. The van der Waals surface area contributed by atoms with Crippen molar-refractivity contribution < 1.29 is 14.7 Å². The zero-order valence-electron chi connectivity index (χ0n) is 12.5. The number of urea groups is 1. The molecule has 0 radical (unpaired) electrons. The van der Waals surface area contributed by atoms with E-state index in [-0.39, 0.29) is 12.6 Å². The molecule has 2 aliphatic rings. The Kier molecular flexibility index (Phi) is 4.55. The summed E-state index contributed by atoms with van der Waals surface area (Å²) in [7, 11) is 1.66. The van der Waals surface area contributed by atoms with Crippen LogP contribution in [0.15, 0.2) is 0 Å². The molecule has 2 rings (SSSR count). The number of nitrogens with one attached hydrogen (secondary N) is 1. The standard InChI is InChI=1S/C15H26N2O3/c1-11(13(18)19)9-17(2)14(20)16-10-15(7-4-8-15)12-5-3-6-12/h11-12H,3-10H2,1-2H3,(H,16,20)(H,18,19). The van der Waals surface area contributed by atoms with Crippen molar-refractivity contribution >= 4 is 12.0 Å². The summed E-state index contributed by atoms with van der Waals surface area (Å²) in [5.41, 5.74) is 0.340. The molecule has 2 amide bonds. The van der Waals surface area contributed by atoms with Gasteiger partial charge in [-0.1, -0.05) is 19.8 Å². The van der Waals surface area contributed by atoms with Crippen LogP contribution in [0.1, 0.15) is 45.4 Å². The van der Waals surface area contributed by atoms with Crippen molar-refractivity contribution in [3.63, 3.8) is 0 Å². The second-order valence-corrected chi connectivity index (χ2v) is 6.62. The lowest BCUT2D eigenvalue weighted by Crippen LogP contribution is -2.51. The fourth-order valence-corrected chi connectivity index (χ4v) is 3.34. The molecule has 2 aliphatic carbocycles. The van der Waals surface area contributed by atoms with Gasteiger partial charge in [-0.3, -0.25) is 4.79 Å². The minimum Gasteiger partial charge on any atom is -0.481 e. The molecule has 114 valence electrons. The first kappa shape index (κ1) is 15.1. The van der Waals surface area contributed by atoms with E-state index in [1.807, 2.05) is 0 Å². The quantitative estimate of drug-likeness (QED) is 0.785. The van der Waals surface area contributed by atoms with Gasteiger partial charge in [0.15, 0.2) is 0 Å². The zero-order valence-corrected chi connectivity index (χ0v) is 12.5. The van der Waals surface area contributed by atoms with Gasteiger partial charge in [-0.05, 0) is 37.0 Å². The number of carboxylic acids is 1. The van der Waals surface area contributed by atoms with Crippen molar-refractivity contribution in [2.24, 2.45) is 17.3 Å². The van der Waals surface area contributed by atoms with Crippen molar-refractivity contribution in [2.75, 3.05) is 20.1 Å². The molecule has 20 heavy (non-hydrogen) atoms. The molecule has 0 saturated heterocycles. The lowest BCUT2D eigenvalue weighted by Gasteiger charge is -2.52. The third-order valence-corrected chi connectivity index (χ3v) is 5.23. The van der Waals surface area contributed by atoms with Crippen LogP contribution in [0, 0.1) is 17.3 Å². The van der Waals surface area contributed by atoms with Crippen LogP contribution in [0.4, 0.5) is 4.79 Å². The van der Waals surface area contributed by atoms with Crippen molar-refractivity contribution in [1.82, 2.24) is 10.2 Å².